The number of aromatic nitrogens is 5. The summed E-state index contributed by atoms with van der Waals surface area (Å²) in [7, 11) is 1.91. The first-order chi connectivity index (χ1) is 12.6. The van der Waals surface area contributed by atoms with E-state index < -0.39 is 0 Å². The van der Waals surface area contributed by atoms with Gasteiger partial charge in [-0.05, 0) is 43.3 Å². The normalized spacial score (nSPS) is 18.2. The van der Waals surface area contributed by atoms with Crippen molar-refractivity contribution in [2.45, 2.75) is 55.4 Å². The molecule has 1 fully saturated rings. The van der Waals surface area contributed by atoms with Crippen LogP contribution in [0.15, 0.2) is 37.6 Å². The third kappa shape index (κ3) is 3.54. The van der Waals surface area contributed by atoms with E-state index in [1.165, 1.54) is 11.8 Å². The van der Waals surface area contributed by atoms with Gasteiger partial charge in [-0.2, -0.15) is 4.98 Å². The molecule has 9 heteroatoms. The number of rotatable bonds is 6. The Morgan fingerprint density at radius 1 is 1.35 bits per heavy atom. The Morgan fingerprint density at radius 2 is 2.23 bits per heavy atom. The molecule has 3 aromatic heterocycles. The maximum atomic E-state index is 5.98. The molecule has 0 radical (unpaired) electrons. The van der Waals surface area contributed by atoms with Crippen LogP contribution in [0.4, 0.5) is 0 Å². The lowest BCUT2D eigenvalue weighted by Gasteiger charge is -2.19. The van der Waals surface area contributed by atoms with Crippen LogP contribution in [0.1, 0.15) is 56.1 Å². The van der Waals surface area contributed by atoms with Gasteiger partial charge in [-0.15, -0.1) is 10.2 Å². The lowest BCUT2D eigenvalue weighted by molar-refractivity contribution is 0.185. The lowest BCUT2D eigenvalue weighted by Crippen LogP contribution is -2.22. The van der Waals surface area contributed by atoms with Crippen LogP contribution in [0.5, 0.6) is 0 Å². The van der Waals surface area contributed by atoms with Gasteiger partial charge in [0.2, 0.25) is 5.89 Å². The summed E-state index contributed by atoms with van der Waals surface area (Å²) < 4.78 is 13.4. The maximum absolute atomic E-state index is 5.98. The second-order valence-electron chi connectivity index (χ2n) is 6.82. The number of hydrogen-bond donors (Lipinski definition) is 0. The van der Waals surface area contributed by atoms with E-state index in [-0.39, 0.29) is 12.0 Å². The van der Waals surface area contributed by atoms with Gasteiger partial charge in [-0.1, -0.05) is 19.0 Å². The van der Waals surface area contributed by atoms with Gasteiger partial charge in [0.15, 0.2) is 16.1 Å². The summed E-state index contributed by atoms with van der Waals surface area (Å²) >= 11 is 1.47. The molecule has 0 N–H and O–H groups in total. The van der Waals surface area contributed by atoms with Crippen molar-refractivity contribution in [3.05, 3.63) is 35.9 Å². The Balaban J connectivity index is 1.43. The van der Waals surface area contributed by atoms with E-state index in [1.54, 1.807) is 6.33 Å². The molecule has 1 aliphatic rings. The monoisotopic (exact) mass is 374 g/mol. The Morgan fingerprint density at radius 3 is 2.96 bits per heavy atom. The first kappa shape index (κ1) is 17.3. The van der Waals surface area contributed by atoms with Crippen LogP contribution in [0.25, 0.3) is 0 Å². The molecule has 0 saturated carbocycles. The van der Waals surface area contributed by atoms with Gasteiger partial charge in [-0.3, -0.25) is 4.90 Å². The zero-order valence-electron chi connectivity index (χ0n) is 15.1. The van der Waals surface area contributed by atoms with Crippen LogP contribution >= 0.6 is 11.8 Å². The van der Waals surface area contributed by atoms with Gasteiger partial charge in [0.05, 0.1) is 12.6 Å². The Hall–Kier alpha value is -2.13. The van der Waals surface area contributed by atoms with Crippen molar-refractivity contribution in [1.82, 2.24) is 29.8 Å². The van der Waals surface area contributed by atoms with Crippen LogP contribution in [0.2, 0.25) is 0 Å². The summed E-state index contributed by atoms with van der Waals surface area (Å²) in [6.45, 7) is 5.86. The van der Waals surface area contributed by atoms with E-state index in [0.29, 0.717) is 5.89 Å². The van der Waals surface area contributed by atoms with E-state index in [9.17, 15) is 0 Å². The van der Waals surface area contributed by atoms with E-state index in [4.69, 9.17) is 8.94 Å². The number of furan rings is 1. The molecule has 0 amide bonds. The predicted octanol–water partition coefficient (Wildman–Crippen LogP) is 3.40. The topological polar surface area (TPSA) is 86.0 Å². The van der Waals surface area contributed by atoms with E-state index >= 15 is 0 Å². The van der Waals surface area contributed by atoms with Crippen LogP contribution in [0.3, 0.4) is 0 Å². The molecule has 4 rings (SSSR count). The molecular weight excluding hydrogens is 352 g/mol. The Bertz CT molecular complexity index is 870. The zero-order valence-corrected chi connectivity index (χ0v) is 15.9. The van der Waals surface area contributed by atoms with Crippen molar-refractivity contribution in [3.8, 4) is 0 Å². The molecule has 0 bridgehead atoms. The second kappa shape index (κ2) is 7.24. The summed E-state index contributed by atoms with van der Waals surface area (Å²) in [6.07, 6.45) is 3.82. The van der Waals surface area contributed by atoms with Crippen molar-refractivity contribution >= 4 is 11.8 Å². The van der Waals surface area contributed by atoms with E-state index in [1.807, 2.05) is 23.7 Å². The molecule has 0 aliphatic carbocycles. The van der Waals surface area contributed by atoms with Gasteiger partial charge in [-0.25, -0.2) is 0 Å². The molecule has 0 unspecified atom stereocenters. The number of nitrogens with zero attached hydrogens (tertiary/aromatic N) is 6. The molecule has 1 atom stereocenters. The summed E-state index contributed by atoms with van der Waals surface area (Å²) in [5.74, 6) is 2.68. The first-order valence-corrected chi connectivity index (χ1v) is 9.60. The number of likely N-dealkylation sites (tertiary alicyclic amines) is 1. The minimum Gasteiger partial charge on any atom is -0.453 e. The van der Waals surface area contributed by atoms with Gasteiger partial charge in [0.25, 0.3) is 0 Å². The second-order valence-corrected chi connectivity index (χ2v) is 7.79. The maximum Gasteiger partial charge on any atom is 0.244 e. The smallest absolute Gasteiger partial charge is 0.244 e. The highest BCUT2D eigenvalue weighted by atomic mass is 32.2. The molecule has 1 aliphatic heterocycles. The molecule has 1 saturated heterocycles. The lowest BCUT2D eigenvalue weighted by atomic mass is 10.2. The average Bonchev–Trinajstić information content (AvgIpc) is 3.37. The van der Waals surface area contributed by atoms with Crippen molar-refractivity contribution in [1.29, 1.82) is 0 Å². The van der Waals surface area contributed by atoms with Crippen LogP contribution in [-0.2, 0) is 13.6 Å². The highest BCUT2D eigenvalue weighted by Crippen LogP contribution is 2.34. The fraction of sp³-hybridized carbons (Fsp3) is 0.529. The highest BCUT2D eigenvalue weighted by molar-refractivity contribution is 7.99. The summed E-state index contributed by atoms with van der Waals surface area (Å²) in [5, 5.41) is 13.7. The van der Waals surface area contributed by atoms with Crippen molar-refractivity contribution in [2.75, 3.05) is 6.54 Å². The SMILES string of the molecule is CC(C)c1noc([C@H]2CCCN2Cc2ccc(Sc3nncn3C)o2)n1. The molecule has 4 heterocycles. The van der Waals surface area contributed by atoms with E-state index in [0.717, 1.165) is 47.8 Å². The zero-order chi connectivity index (χ0) is 18.1. The average molecular weight is 374 g/mol. The van der Waals surface area contributed by atoms with Crippen LogP contribution < -0.4 is 0 Å². The third-order valence-electron chi connectivity index (χ3n) is 4.48. The van der Waals surface area contributed by atoms with Crippen LogP contribution in [-0.4, -0.2) is 36.3 Å². The van der Waals surface area contributed by atoms with Gasteiger partial charge < -0.3 is 13.5 Å². The minimum atomic E-state index is 0.162. The van der Waals surface area contributed by atoms with Gasteiger partial charge >= 0.3 is 0 Å². The summed E-state index contributed by atoms with van der Waals surface area (Å²) in [5.41, 5.74) is 0. The number of hydrogen-bond acceptors (Lipinski definition) is 8. The van der Waals surface area contributed by atoms with Crippen molar-refractivity contribution in [3.63, 3.8) is 0 Å². The van der Waals surface area contributed by atoms with Crippen molar-refractivity contribution < 1.29 is 8.94 Å². The summed E-state index contributed by atoms with van der Waals surface area (Å²) in [4.78, 5) is 6.92. The highest BCUT2D eigenvalue weighted by Gasteiger charge is 2.31. The largest absolute Gasteiger partial charge is 0.453 e. The van der Waals surface area contributed by atoms with Crippen LogP contribution in [0, 0.1) is 0 Å². The quantitative estimate of drug-likeness (QED) is 0.649. The molecule has 26 heavy (non-hydrogen) atoms. The molecular formula is C17H22N6O2S. The Labute approximate surface area is 156 Å². The molecule has 8 nitrogen and oxygen atoms in total. The molecule has 138 valence electrons. The molecule has 0 spiro atoms. The molecule has 3 aromatic rings. The fourth-order valence-electron chi connectivity index (χ4n) is 3.07. The minimum absolute atomic E-state index is 0.162. The Kier molecular flexibility index (Phi) is 4.82. The summed E-state index contributed by atoms with van der Waals surface area (Å²) in [6, 6.07) is 4.15. The van der Waals surface area contributed by atoms with E-state index in [2.05, 4.69) is 39.1 Å². The molecule has 0 aromatic carbocycles. The van der Waals surface area contributed by atoms with Gasteiger partial charge in [0.1, 0.15) is 12.1 Å². The standard InChI is InChI=1S/C17H22N6O2S/c1-11(2)15-19-16(25-21-15)13-5-4-8-23(13)9-12-6-7-14(24-12)26-17-20-18-10-22(17)3/h6-7,10-11,13H,4-5,8-9H2,1-3H3/t13-/m1/s1. The fourth-order valence-corrected chi connectivity index (χ4v) is 3.81. The first-order valence-electron chi connectivity index (χ1n) is 8.78. The van der Waals surface area contributed by atoms with Gasteiger partial charge in [0, 0.05) is 13.0 Å². The third-order valence-corrected chi connectivity index (χ3v) is 5.45. The predicted molar refractivity (Wildman–Crippen MR) is 94.6 cm³/mol. The van der Waals surface area contributed by atoms with Crippen molar-refractivity contribution in [2.24, 2.45) is 7.05 Å². The number of aryl methyl sites for hydroxylation is 1.